The Morgan fingerprint density at radius 2 is 1.63 bits per heavy atom. The summed E-state index contributed by atoms with van der Waals surface area (Å²) in [7, 11) is 1.15. The van der Waals surface area contributed by atoms with E-state index in [1.54, 1.807) is 6.08 Å². The first-order chi connectivity index (χ1) is 21.6. The molecule has 1 aliphatic rings. The number of ether oxygens (including phenoxy) is 4. The van der Waals surface area contributed by atoms with Gasteiger partial charge >= 0.3 is 24.1 Å². The van der Waals surface area contributed by atoms with Crippen LogP contribution in [0.2, 0.25) is 0 Å². The molecule has 0 aliphatic carbocycles. The number of likely N-dealkylation sites (tertiary alicyclic amines) is 1. The molecular weight excluding hydrogens is 613 g/mol. The first-order valence-corrected chi connectivity index (χ1v) is 15.0. The van der Waals surface area contributed by atoms with Gasteiger partial charge in [0.2, 0.25) is 5.91 Å². The smallest absolute Gasteiger partial charge is 0.416 e. The van der Waals surface area contributed by atoms with Crippen molar-refractivity contribution in [2.75, 3.05) is 13.7 Å². The molecule has 1 aliphatic heterocycles. The van der Waals surface area contributed by atoms with Gasteiger partial charge < -0.3 is 29.2 Å². The molecule has 1 fully saturated rings. The van der Waals surface area contributed by atoms with Gasteiger partial charge in [0.15, 0.2) is 24.4 Å². The fraction of sp³-hybridized carbons (Fsp3) is 0.594. The number of hydrogen-bond acceptors (Lipinski definition) is 9. The Labute approximate surface area is 266 Å². The van der Waals surface area contributed by atoms with Gasteiger partial charge in [0.1, 0.15) is 6.04 Å². The van der Waals surface area contributed by atoms with E-state index in [-0.39, 0.29) is 31.0 Å². The van der Waals surface area contributed by atoms with Gasteiger partial charge in [-0.3, -0.25) is 24.0 Å². The minimum absolute atomic E-state index is 0.0323. The average Bonchev–Trinajstić information content (AvgIpc) is 3.13. The highest BCUT2D eigenvalue weighted by atomic mass is 19.4. The van der Waals surface area contributed by atoms with E-state index >= 15 is 0 Å². The Balaban J connectivity index is 2.40. The molecule has 14 heteroatoms. The molecule has 6 atom stereocenters. The topological polar surface area (TPSA) is 138 Å². The van der Waals surface area contributed by atoms with Gasteiger partial charge in [0.05, 0.1) is 5.56 Å². The second-order valence-corrected chi connectivity index (χ2v) is 11.2. The van der Waals surface area contributed by atoms with Crippen LogP contribution in [0.15, 0.2) is 36.4 Å². The summed E-state index contributed by atoms with van der Waals surface area (Å²) < 4.78 is 61.5. The number of carbonyl (C=O) groups is 5. The Morgan fingerprint density at radius 3 is 2.20 bits per heavy atom. The van der Waals surface area contributed by atoms with Gasteiger partial charge in [0.25, 0.3) is 5.91 Å². The first kappa shape index (κ1) is 38.2. The second kappa shape index (κ2) is 17.7. The van der Waals surface area contributed by atoms with E-state index in [0.29, 0.717) is 12.8 Å². The van der Waals surface area contributed by atoms with Crippen LogP contribution in [0.25, 0.3) is 0 Å². The van der Waals surface area contributed by atoms with E-state index in [1.165, 1.54) is 23.1 Å². The van der Waals surface area contributed by atoms with E-state index in [4.69, 9.17) is 18.9 Å². The molecule has 2 amide bonds. The van der Waals surface area contributed by atoms with Gasteiger partial charge in [-0.05, 0) is 49.0 Å². The first-order valence-electron chi connectivity index (χ1n) is 15.0. The van der Waals surface area contributed by atoms with Gasteiger partial charge in [-0.2, -0.15) is 13.2 Å². The van der Waals surface area contributed by atoms with Crippen LogP contribution in [0.3, 0.4) is 0 Å². The van der Waals surface area contributed by atoms with E-state index < -0.39 is 71.9 Å². The van der Waals surface area contributed by atoms with Crippen molar-refractivity contribution < 1.29 is 56.1 Å². The number of amides is 2. The lowest BCUT2D eigenvalue weighted by molar-refractivity contribution is -0.192. The molecule has 1 aromatic carbocycles. The number of esters is 3. The summed E-state index contributed by atoms with van der Waals surface area (Å²) in [6, 6.07) is 3.57. The third-order valence-corrected chi connectivity index (χ3v) is 7.36. The summed E-state index contributed by atoms with van der Waals surface area (Å²) in [5, 5.41) is 2.62. The van der Waals surface area contributed by atoms with Crippen molar-refractivity contribution in [1.82, 2.24) is 10.2 Å². The standard InChI is InChI=1S/C32H43F3N2O9/c1-7-19(2)14-15-26(44-20(3)38)27(45-21(4)39)28(46-22(5)40)29(43-6)30(41)36-25-13-8-9-16-37(31(25)42)18-23-11-10-12-24(17-23)32(33,34)35/h10-12,14-15,17,19,25-29H,7-9,13,16,18H2,1-6H3,(H,36,41)/b15-14+/t19?,25-,26+,27-,28+,29+/m0/s1. The van der Waals surface area contributed by atoms with Crippen molar-refractivity contribution in [2.45, 2.75) is 103 Å². The quantitative estimate of drug-likeness (QED) is 0.178. The maximum absolute atomic E-state index is 13.7. The van der Waals surface area contributed by atoms with Crippen LogP contribution in [0.1, 0.15) is 71.4 Å². The van der Waals surface area contributed by atoms with Crippen LogP contribution in [0, 0.1) is 5.92 Å². The van der Waals surface area contributed by atoms with Gasteiger partial charge in [-0.15, -0.1) is 0 Å². The largest absolute Gasteiger partial charge is 0.455 e. The van der Waals surface area contributed by atoms with E-state index in [1.807, 2.05) is 13.8 Å². The highest BCUT2D eigenvalue weighted by Gasteiger charge is 2.45. The molecular formula is C32H43F3N2O9. The van der Waals surface area contributed by atoms with E-state index in [9.17, 15) is 37.1 Å². The van der Waals surface area contributed by atoms with Gasteiger partial charge in [-0.1, -0.05) is 38.5 Å². The number of rotatable bonds is 14. The Morgan fingerprint density at radius 1 is 1.00 bits per heavy atom. The number of methoxy groups -OCH3 is 1. The van der Waals surface area contributed by atoms with Crippen molar-refractivity contribution >= 4 is 29.7 Å². The fourth-order valence-electron chi connectivity index (χ4n) is 4.95. The number of halogens is 3. The van der Waals surface area contributed by atoms with Crippen LogP contribution in [-0.4, -0.2) is 78.7 Å². The number of benzene rings is 1. The molecule has 0 bridgehead atoms. The monoisotopic (exact) mass is 656 g/mol. The van der Waals surface area contributed by atoms with Crippen LogP contribution in [-0.2, 0) is 55.6 Å². The minimum Gasteiger partial charge on any atom is -0.455 e. The van der Waals surface area contributed by atoms with E-state index in [2.05, 4.69) is 5.32 Å². The zero-order valence-corrected chi connectivity index (χ0v) is 26.9. The number of nitrogens with zero attached hydrogens (tertiary/aromatic N) is 1. The number of allylic oxidation sites excluding steroid dienone is 1. The molecule has 1 unspecified atom stereocenters. The molecule has 1 saturated heterocycles. The molecule has 1 N–H and O–H groups in total. The third kappa shape index (κ3) is 11.8. The van der Waals surface area contributed by atoms with Crippen molar-refractivity contribution in [2.24, 2.45) is 5.92 Å². The number of carbonyl (C=O) groups excluding carboxylic acids is 5. The fourth-order valence-corrected chi connectivity index (χ4v) is 4.95. The summed E-state index contributed by atoms with van der Waals surface area (Å²) in [6.45, 7) is 7.27. The minimum atomic E-state index is -4.55. The molecule has 1 heterocycles. The normalized spacial score (nSPS) is 18.9. The third-order valence-electron chi connectivity index (χ3n) is 7.36. The summed E-state index contributed by atoms with van der Waals surface area (Å²) in [5.41, 5.74) is -0.573. The molecule has 0 aromatic heterocycles. The number of hydrogen-bond donors (Lipinski definition) is 1. The van der Waals surface area contributed by atoms with E-state index in [0.717, 1.165) is 46.4 Å². The molecule has 1 aromatic rings. The maximum Gasteiger partial charge on any atom is 0.416 e. The Bertz CT molecular complexity index is 1250. The molecule has 0 saturated carbocycles. The average molecular weight is 657 g/mol. The SMILES string of the molecule is CCC(C)/C=C/[C@@H](OC(C)=O)[C@H](OC(C)=O)[C@@H](OC(C)=O)[C@@H](OC)C(=O)N[C@H]1CCCCN(Cc2cccc(C(F)(F)F)c2)C1=O. The van der Waals surface area contributed by atoms with Crippen molar-refractivity contribution in [3.05, 3.63) is 47.5 Å². The van der Waals surface area contributed by atoms with Crippen LogP contribution in [0.5, 0.6) is 0 Å². The molecule has 0 radical (unpaired) electrons. The summed E-state index contributed by atoms with van der Waals surface area (Å²) >= 11 is 0. The highest BCUT2D eigenvalue weighted by molar-refractivity contribution is 5.90. The predicted octanol–water partition coefficient (Wildman–Crippen LogP) is 4.12. The summed E-state index contributed by atoms with van der Waals surface area (Å²) in [5.74, 6) is -3.80. The number of nitrogens with one attached hydrogen (secondary N) is 1. The van der Waals surface area contributed by atoms with Gasteiger partial charge in [-0.25, -0.2) is 0 Å². The van der Waals surface area contributed by atoms with Crippen LogP contribution in [0.4, 0.5) is 13.2 Å². The lowest BCUT2D eigenvalue weighted by atomic mass is 9.98. The summed E-state index contributed by atoms with van der Waals surface area (Å²) in [4.78, 5) is 65.1. The molecule has 0 spiro atoms. The van der Waals surface area contributed by atoms with Crippen molar-refractivity contribution in [3.63, 3.8) is 0 Å². The lowest BCUT2D eigenvalue weighted by Crippen LogP contribution is -2.58. The van der Waals surface area contributed by atoms with Gasteiger partial charge in [0, 0.05) is 41.0 Å². The summed E-state index contributed by atoms with van der Waals surface area (Å²) in [6.07, 6.45) is -5.41. The Kier molecular flexibility index (Phi) is 14.7. The van der Waals surface area contributed by atoms with Crippen molar-refractivity contribution in [3.8, 4) is 0 Å². The predicted molar refractivity (Wildman–Crippen MR) is 159 cm³/mol. The van der Waals surface area contributed by atoms with Crippen LogP contribution < -0.4 is 5.32 Å². The molecule has 46 heavy (non-hydrogen) atoms. The highest BCUT2D eigenvalue weighted by Crippen LogP contribution is 2.30. The Hall–Kier alpha value is -3.94. The molecule has 256 valence electrons. The molecule has 11 nitrogen and oxygen atoms in total. The number of alkyl halides is 3. The zero-order chi connectivity index (χ0) is 34.6. The van der Waals surface area contributed by atoms with Crippen molar-refractivity contribution in [1.29, 1.82) is 0 Å². The second-order valence-electron chi connectivity index (χ2n) is 11.2. The van der Waals surface area contributed by atoms with Crippen LogP contribution >= 0.6 is 0 Å². The molecule has 2 rings (SSSR count). The lowest BCUT2D eigenvalue weighted by Gasteiger charge is -2.34. The zero-order valence-electron chi connectivity index (χ0n) is 26.9. The maximum atomic E-state index is 13.7.